The summed E-state index contributed by atoms with van der Waals surface area (Å²) in [4.78, 5) is 24.6. The largest absolute Gasteiger partial charge is 0.386 e. The van der Waals surface area contributed by atoms with E-state index in [4.69, 9.17) is 5.73 Å². The number of hydrogen-bond donors (Lipinski definition) is 2. The van der Waals surface area contributed by atoms with Crippen molar-refractivity contribution in [3.8, 4) is 0 Å². The lowest BCUT2D eigenvalue weighted by atomic mass is 9.88. The second-order valence-electron chi connectivity index (χ2n) is 5.08. The van der Waals surface area contributed by atoms with Gasteiger partial charge in [-0.15, -0.1) is 0 Å². The van der Waals surface area contributed by atoms with Gasteiger partial charge in [-0.2, -0.15) is 0 Å². The van der Waals surface area contributed by atoms with Gasteiger partial charge < -0.3 is 15.7 Å². The van der Waals surface area contributed by atoms with Gasteiger partial charge in [0, 0.05) is 11.1 Å². The summed E-state index contributed by atoms with van der Waals surface area (Å²) in [5.41, 5.74) is 5.29. The molecular formula is C14H18N2O3. The summed E-state index contributed by atoms with van der Waals surface area (Å²) in [5.74, 6) is -0.642. The number of carbonyl (C=O) groups is 2. The highest BCUT2D eigenvalue weighted by Crippen LogP contribution is 2.27. The predicted octanol–water partition coefficient (Wildman–Crippen LogP) is 0.773. The first-order valence-electron chi connectivity index (χ1n) is 6.37. The molecule has 1 aromatic rings. The maximum atomic E-state index is 12.1. The third-order valence-corrected chi connectivity index (χ3v) is 3.39. The first kappa shape index (κ1) is 13.5. The molecule has 2 amide bonds. The van der Waals surface area contributed by atoms with Crippen LogP contribution in [0.15, 0.2) is 24.3 Å². The van der Waals surface area contributed by atoms with Crippen LogP contribution in [0.5, 0.6) is 0 Å². The molecule has 0 spiro atoms. The zero-order chi connectivity index (χ0) is 14.0. The van der Waals surface area contributed by atoms with E-state index in [1.807, 2.05) is 6.92 Å². The first-order valence-corrected chi connectivity index (χ1v) is 6.37. The Kier molecular flexibility index (Phi) is 3.57. The average molecular weight is 262 g/mol. The lowest BCUT2D eigenvalue weighted by Gasteiger charge is -2.46. The van der Waals surface area contributed by atoms with Crippen molar-refractivity contribution in [1.82, 2.24) is 4.90 Å². The molecule has 5 heteroatoms. The lowest BCUT2D eigenvalue weighted by molar-refractivity contribution is -0.0860. The van der Waals surface area contributed by atoms with Gasteiger partial charge in [-0.25, -0.2) is 0 Å². The molecule has 1 saturated heterocycles. The molecule has 1 heterocycles. The average Bonchev–Trinajstić information content (AvgIpc) is 2.35. The number of carbonyl (C=O) groups excluding carboxylic acids is 2. The van der Waals surface area contributed by atoms with Crippen LogP contribution in [0.3, 0.4) is 0 Å². The van der Waals surface area contributed by atoms with Crippen LogP contribution in [-0.2, 0) is 0 Å². The van der Waals surface area contributed by atoms with Gasteiger partial charge in [-0.1, -0.05) is 13.3 Å². The van der Waals surface area contributed by atoms with Gasteiger partial charge in [0.05, 0.1) is 18.7 Å². The lowest BCUT2D eigenvalue weighted by Crippen LogP contribution is -2.63. The fraction of sp³-hybridized carbons (Fsp3) is 0.429. The Morgan fingerprint density at radius 2 is 1.79 bits per heavy atom. The van der Waals surface area contributed by atoms with Gasteiger partial charge in [0.25, 0.3) is 5.91 Å². The van der Waals surface area contributed by atoms with Gasteiger partial charge in [0.1, 0.15) is 0 Å². The van der Waals surface area contributed by atoms with Gasteiger partial charge in [-0.05, 0) is 30.7 Å². The quantitative estimate of drug-likeness (QED) is 0.840. The Morgan fingerprint density at radius 3 is 2.26 bits per heavy atom. The molecule has 0 bridgehead atoms. The molecule has 2 rings (SSSR count). The molecular weight excluding hydrogens is 244 g/mol. The monoisotopic (exact) mass is 262 g/mol. The third-order valence-electron chi connectivity index (χ3n) is 3.39. The normalized spacial score (nSPS) is 16.8. The predicted molar refractivity (Wildman–Crippen MR) is 70.7 cm³/mol. The number of nitrogens with two attached hydrogens (primary N) is 1. The maximum Gasteiger partial charge on any atom is 0.254 e. The van der Waals surface area contributed by atoms with E-state index in [1.165, 1.54) is 12.1 Å². The standard InChI is InChI=1S/C14H18N2O3/c1-2-7-14(19)8-16(9-14)13(18)11-5-3-10(4-6-11)12(15)17/h3-6,19H,2,7-9H2,1H3,(H2,15,17). The molecule has 1 fully saturated rings. The number of primary amides is 1. The minimum absolute atomic E-state index is 0.128. The number of amides is 2. The zero-order valence-electron chi connectivity index (χ0n) is 10.9. The molecule has 19 heavy (non-hydrogen) atoms. The van der Waals surface area contributed by atoms with E-state index in [2.05, 4.69) is 0 Å². The zero-order valence-corrected chi connectivity index (χ0v) is 10.9. The summed E-state index contributed by atoms with van der Waals surface area (Å²) >= 11 is 0. The maximum absolute atomic E-state index is 12.1. The topological polar surface area (TPSA) is 83.6 Å². The number of benzene rings is 1. The molecule has 1 aromatic carbocycles. The fourth-order valence-corrected chi connectivity index (χ4v) is 2.39. The van der Waals surface area contributed by atoms with Crippen LogP contribution in [0.4, 0.5) is 0 Å². The Labute approximate surface area is 112 Å². The molecule has 0 atom stereocenters. The van der Waals surface area contributed by atoms with Crippen molar-refractivity contribution < 1.29 is 14.7 Å². The highest BCUT2D eigenvalue weighted by atomic mass is 16.3. The van der Waals surface area contributed by atoms with E-state index in [9.17, 15) is 14.7 Å². The van der Waals surface area contributed by atoms with E-state index >= 15 is 0 Å². The molecule has 3 N–H and O–H groups in total. The summed E-state index contributed by atoms with van der Waals surface area (Å²) in [6.45, 7) is 2.75. The molecule has 1 aliphatic rings. The van der Waals surface area contributed by atoms with Crippen LogP contribution in [0.25, 0.3) is 0 Å². The van der Waals surface area contributed by atoms with E-state index in [-0.39, 0.29) is 5.91 Å². The van der Waals surface area contributed by atoms with Crippen LogP contribution in [0.2, 0.25) is 0 Å². The Hall–Kier alpha value is -1.88. The van der Waals surface area contributed by atoms with E-state index < -0.39 is 11.5 Å². The minimum atomic E-state index is -0.725. The number of β-amino-alcohol motifs (C(OH)–C–C–N with tert-alkyl or cyclic N) is 1. The Bertz CT molecular complexity index is 490. The van der Waals surface area contributed by atoms with Gasteiger partial charge in [0.15, 0.2) is 0 Å². The van der Waals surface area contributed by atoms with E-state index in [1.54, 1.807) is 17.0 Å². The summed E-state index contributed by atoms with van der Waals surface area (Å²) in [5, 5.41) is 10.0. The summed E-state index contributed by atoms with van der Waals surface area (Å²) in [7, 11) is 0. The number of likely N-dealkylation sites (tertiary alicyclic amines) is 1. The minimum Gasteiger partial charge on any atom is -0.386 e. The summed E-state index contributed by atoms with van der Waals surface area (Å²) in [6.07, 6.45) is 1.60. The third kappa shape index (κ3) is 2.76. The Morgan fingerprint density at radius 1 is 1.26 bits per heavy atom. The van der Waals surface area contributed by atoms with Crippen LogP contribution in [0, 0.1) is 0 Å². The van der Waals surface area contributed by atoms with Crippen LogP contribution < -0.4 is 5.73 Å². The first-order chi connectivity index (χ1) is 8.95. The molecule has 5 nitrogen and oxygen atoms in total. The molecule has 0 unspecified atom stereocenters. The summed E-state index contributed by atoms with van der Waals surface area (Å²) in [6, 6.07) is 6.24. The molecule has 0 aromatic heterocycles. The van der Waals surface area contributed by atoms with Crippen molar-refractivity contribution in [1.29, 1.82) is 0 Å². The highest BCUT2D eigenvalue weighted by Gasteiger charge is 2.42. The second-order valence-corrected chi connectivity index (χ2v) is 5.08. The van der Waals surface area contributed by atoms with Gasteiger partial charge in [-0.3, -0.25) is 9.59 Å². The van der Waals surface area contributed by atoms with E-state index in [0.717, 1.165) is 6.42 Å². The van der Waals surface area contributed by atoms with Gasteiger partial charge >= 0.3 is 0 Å². The Balaban J connectivity index is 2.00. The van der Waals surface area contributed by atoms with Gasteiger partial charge in [0.2, 0.25) is 5.91 Å². The van der Waals surface area contributed by atoms with Crippen molar-refractivity contribution in [2.75, 3.05) is 13.1 Å². The van der Waals surface area contributed by atoms with Crippen molar-refractivity contribution in [3.63, 3.8) is 0 Å². The van der Waals surface area contributed by atoms with Crippen LogP contribution >= 0.6 is 0 Å². The van der Waals surface area contributed by atoms with Crippen molar-refractivity contribution in [2.24, 2.45) is 5.73 Å². The number of aliphatic hydroxyl groups is 1. The molecule has 102 valence electrons. The number of nitrogens with zero attached hydrogens (tertiary/aromatic N) is 1. The fourth-order valence-electron chi connectivity index (χ4n) is 2.39. The molecule has 0 saturated carbocycles. The van der Waals surface area contributed by atoms with Crippen LogP contribution in [0.1, 0.15) is 40.5 Å². The second kappa shape index (κ2) is 5.01. The highest BCUT2D eigenvalue weighted by molar-refractivity contribution is 5.97. The van der Waals surface area contributed by atoms with Crippen molar-refractivity contribution in [3.05, 3.63) is 35.4 Å². The van der Waals surface area contributed by atoms with E-state index in [0.29, 0.717) is 30.6 Å². The number of hydrogen-bond acceptors (Lipinski definition) is 3. The molecule has 0 aliphatic carbocycles. The summed E-state index contributed by atoms with van der Waals surface area (Å²) < 4.78 is 0. The van der Waals surface area contributed by atoms with Crippen molar-refractivity contribution >= 4 is 11.8 Å². The van der Waals surface area contributed by atoms with Crippen molar-refractivity contribution in [2.45, 2.75) is 25.4 Å². The molecule has 1 aliphatic heterocycles. The molecule has 0 radical (unpaired) electrons. The smallest absolute Gasteiger partial charge is 0.254 e. The van der Waals surface area contributed by atoms with Crippen LogP contribution in [-0.4, -0.2) is 40.5 Å². The SMILES string of the molecule is CCCC1(O)CN(C(=O)c2ccc(C(N)=O)cc2)C1. The number of rotatable bonds is 4.